The second kappa shape index (κ2) is 7.64. The van der Waals surface area contributed by atoms with Crippen LogP contribution in [0.1, 0.15) is 0 Å². The van der Waals surface area contributed by atoms with Gasteiger partial charge in [0.1, 0.15) is 29.2 Å². The van der Waals surface area contributed by atoms with E-state index in [0.29, 0.717) is 39.6 Å². The fraction of sp³-hybridized carbons (Fsp3) is 0.150. The zero-order valence-electron chi connectivity index (χ0n) is 16.5. The third-order valence-electron chi connectivity index (χ3n) is 4.49. The van der Waals surface area contributed by atoms with Gasteiger partial charge in [-0.15, -0.1) is 0 Å². The predicted molar refractivity (Wildman–Crippen MR) is 113 cm³/mol. The number of nitrogens with one attached hydrogen (secondary N) is 1. The molecule has 0 saturated carbocycles. The molecule has 2 aromatic carbocycles. The molecule has 0 amide bonds. The average molecular weight is 425 g/mol. The minimum Gasteiger partial charge on any atom is -0.497 e. The molecule has 0 aliphatic carbocycles. The van der Waals surface area contributed by atoms with Crippen molar-refractivity contribution in [2.24, 2.45) is 0 Å². The highest BCUT2D eigenvalue weighted by Gasteiger charge is 2.16. The Labute approximate surface area is 173 Å². The molecule has 1 N–H and O–H groups in total. The van der Waals surface area contributed by atoms with E-state index in [1.165, 1.54) is 17.3 Å². The Bertz CT molecular complexity index is 1330. The van der Waals surface area contributed by atoms with E-state index < -0.39 is 9.84 Å². The third-order valence-corrected chi connectivity index (χ3v) is 5.63. The van der Waals surface area contributed by atoms with Crippen molar-refractivity contribution in [1.29, 1.82) is 0 Å². The first-order chi connectivity index (χ1) is 14.4. The van der Waals surface area contributed by atoms with E-state index in [1.807, 2.05) is 6.07 Å². The highest BCUT2D eigenvalue weighted by atomic mass is 32.2. The van der Waals surface area contributed by atoms with Crippen LogP contribution in [0.15, 0.2) is 60.0 Å². The van der Waals surface area contributed by atoms with E-state index in [-0.39, 0.29) is 4.90 Å². The van der Waals surface area contributed by atoms with Crippen LogP contribution in [0.25, 0.3) is 16.6 Å². The molecule has 2 heterocycles. The summed E-state index contributed by atoms with van der Waals surface area (Å²) in [5, 5.41) is 8.21. The number of sulfone groups is 1. The first-order valence-corrected chi connectivity index (χ1v) is 10.8. The number of hydrogen-bond donors (Lipinski definition) is 1. The summed E-state index contributed by atoms with van der Waals surface area (Å²) in [4.78, 5) is 8.82. The Kier molecular flexibility index (Phi) is 5.00. The number of benzene rings is 2. The molecule has 0 radical (unpaired) electrons. The molecule has 2 aromatic heterocycles. The molecular weight excluding hydrogens is 406 g/mol. The molecule has 0 unspecified atom stereocenters. The fourth-order valence-corrected chi connectivity index (χ4v) is 3.97. The fourth-order valence-electron chi connectivity index (χ4n) is 3.10. The predicted octanol–water partition coefficient (Wildman–Crippen LogP) is 2.98. The number of fused-ring (bicyclic) bond motifs is 1. The Morgan fingerprint density at radius 1 is 1.07 bits per heavy atom. The van der Waals surface area contributed by atoms with E-state index in [2.05, 4.69) is 20.4 Å². The highest BCUT2D eigenvalue weighted by Crippen LogP contribution is 2.33. The first kappa shape index (κ1) is 19.6. The van der Waals surface area contributed by atoms with Gasteiger partial charge in [0.05, 0.1) is 48.3 Å². The second-order valence-electron chi connectivity index (χ2n) is 6.49. The number of hydrogen-bond acceptors (Lipinski definition) is 8. The van der Waals surface area contributed by atoms with Crippen molar-refractivity contribution in [3.05, 3.63) is 55.1 Å². The Morgan fingerprint density at radius 3 is 2.60 bits per heavy atom. The number of aromatic nitrogens is 4. The van der Waals surface area contributed by atoms with Crippen LogP contribution in [0.3, 0.4) is 0 Å². The molecule has 154 valence electrons. The van der Waals surface area contributed by atoms with Crippen LogP contribution in [-0.4, -0.2) is 48.6 Å². The van der Waals surface area contributed by atoms with Crippen molar-refractivity contribution in [2.75, 3.05) is 25.8 Å². The number of nitrogens with zero attached hydrogens (tertiary/aromatic N) is 4. The van der Waals surface area contributed by atoms with E-state index in [4.69, 9.17) is 9.47 Å². The van der Waals surface area contributed by atoms with Gasteiger partial charge in [0.2, 0.25) is 0 Å². The van der Waals surface area contributed by atoms with Crippen LogP contribution in [-0.2, 0) is 9.84 Å². The van der Waals surface area contributed by atoms with E-state index in [1.54, 1.807) is 56.9 Å². The largest absolute Gasteiger partial charge is 0.497 e. The number of anilines is 2. The van der Waals surface area contributed by atoms with Gasteiger partial charge in [-0.1, -0.05) is 12.1 Å². The summed E-state index contributed by atoms with van der Waals surface area (Å²) in [5.41, 5.74) is 1.72. The van der Waals surface area contributed by atoms with Crippen molar-refractivity contribution < 1.29 is 17.9 Å². The summed E-state index contributed by atoms with van der Waals surface area (Å²) in [7, 11) is -0.273. The van der Waals surface area contributed by atoms with Gasteiger partial charge in [0, 0.05) is 12.3 Å². The monoisotopic (exact) mass is 425 g/mol. The lowest BCUT2D eigenvalue weighted by Crippen LogP contribution is -2.05. The summed E-state index contributed by atoms with van der Waals surface area (Å²) < 4.78 is 36.4. The lowest BCUT2D eigenvalue weighted by atomic mass is 10.2. The maximum absolute atomic E-state index is 12.1. The van der Waals surface area contributed by atoms with Crippen molar-refractivity contribution in [1.82, 2.24) is 19.7 Å². The zero-order valence-corrected chi connectivity index (χ0v) is 17.3. The second-order valence-corrected chi connectivity index (χ2v) is 8.47. The third kappa shape index (κ3) is 3.64. The molecule has 0 atom stereocenters. The van der Waals surface area contributed by atoms with Crippen molar-refractivity contribution in [2.45, 2.75) is 4.90 Å². The Morgan fingerprint density at radius 2 is 1.87 bits per heavy atom. The number of methoxy groups -OCH3 is 2. The SMILES string of the molecule is COc1cc(OC)c2ncnc(Nc3cnn(-c4ccccc4S(C)(=O)=O)c3)c2c1. The number of para-hydroxylation sites is 1. The normalized spacial score (nSPS) is 11.4. The standard InChI is InChI=1S/C20H19N5O4S/c1-28-14-8-15-19(17(9-14)29-2)21-12-22-20(15)24-13-10-23-25(11-13)16-6-4-5-7-18(16)30(3,26)27/h4-12H,1-3H3,(H,21,22,24). The van der Waals surface area contributed by atoms with Crippen LogP contribution in [0.2, 0.25) is 0 Å². The van der Waals surface area contributed by atoms with E-state index in [0.717, 1.165) is 0 Å². The summed E-state index contributed by atoms with van der Waals surface area (Å²) in [5.74, 6) is 1.70. The van der Waals surface area contributed by atoms with Gasteiger partial charge in [-0.3, -0.25) is 0 Å². The molecule has 0 aliphatic rings. The number of rotatable bonds is 6. The minimum absolute atomic E-state index is 0.196. The van der Waals surface area contributed by atoms with Crippen LogP contribution in [0.5, 0.6) is 11.5 Å². The van der Waals surface area contributed by atoms with Gasteiger partial charge in [-0.05, 0) is 18.2 Å². The summed E-state index contributed by atoms with van der Waals surface area (Å²) in [6, 6.07) is 10.2. The highest BCUT2D eigenvalue weighted by molar-refractivity contribution is 7.90. The molecular formula is C20H19N5O4S. The van der Waals surface area contributed by atoms with Gasteiger partial charge < -0.3 is 14.8 Å². The molecule has 0 bridgehead atoms. The molecule has 4 rings (SSSR count). The Hall–Kier alpha value is -3.66. The van der Waals surface area contributed by atoms with E-state index in [9.17, 15) is 8.42 Å². The molecule has 9 nitrogen and oxygen atoms in total. The maximum Gasteiger partial charge on any atom is 0.177 e. The van der Waals surface area contributed by atoms with Gasteiger partial charge in [0.25, 0.3) is 0 Å². The van der Waals surface area contributed by atoms with Gasteiger partial charge in [-0.2, -0.15) is 5.10 Å². The van der Waals surface area contributed by atoms with Gasteiger partial charge in [0.15, 0.2) is 9.84 Å². The summed E-state index contributed by atoms with van der Waals surface area (Å²) >= 11 is 0. The average Bonchev–Trinajstić information content (AvgIpc) is 3.21. The first-order valence-electron chi connectivity index (χ1n) is 8.88. The van der Waals surface area contributed by atoms with Crippen LogP contribution in [0.4, 0.5) is 11.5 Å². The maximum atomic E-state index is 12.1. The number of ether oxygens (including phenoxy) is 2. The van der Waals surface area contributed by atoms with E-state index >= 15 is 0 Å². The van der Waals surface area contributed by atoms with Crippen LogP contribution in [0, 0.1) is 0 Å². The zero-order chi connectivity index (χ0) is 21.3. The molecule has 0 spiro atoms. The molecule has 0 saturated heterocycles. The quantitative estimate of drug-likeness (QED) is 0.502. The molecule has 4 aromatic rings. The molecule has 10 heteroatoms. The van der Waals surface area contributed by atoms with Crippen LogP contribution < -0.4 is 14.8 Å². The van der Waals surface area contributed by atoms with Gasteiger partial charge >= 0.3 is 0 Å². The molecule has 0 fully saturated rings. The molecule has 0 aliphatic heterocycles. The topological polar surface area (TPSA) is 108 Å². The van der Waals surface area contributed by atoms with Crippen molar-refractivity contribution in [3.8, 4) is 17.2 Å². The lowest BCUT2D eigenvalue weighted by Gasteiger charge is -2.11. The lowest BCUT2D eigenvalue weighted by molar-refractivity contribution is 0.397. The summed E-state index contributed by atoms with van der Waals surface area (Å²) in [6.07, 6.45) is 5.88. The minimum atomic E-state index is -3.41. The summed E-state index contributed by atoms with van der Waals surface area (Å²) in [6.45, 7) is 0. The van der Waals surface area contributed by atoms with Crippen LogP contribution >= 0.6 is 0 Å². The Balaban J connectivity index is 1.75. The molecule has 30 heavy (non-hydrogen) atoms. The van der Waals surface area contributed by atoms with Crippen molar-refractivity contribution >= 4 is 32.2 Å². The smallest absolute Gasteiger partial charge is 0.177 e. The van der Waals surface area contributed by atoms with Gasteiger partial charge in [-0.25, -0.2) is 23.1 Å². The van der Waals surface area contributed by atoms with Crippen molar-refractivity contribution in [3.63, 3.8) is 0 Å².